The highest BCUT2D eigenvalue weighted by Gasteiger charge is 2.44. The molecule has 10 aromatic rings. The first-order chi connectivity index (χ1) is 39.1. The van der Waals surface area contributed by atoms with Crippen LogP contribution >= 0.6 is 0 Å². The minimum absolute atomic E-state index is 0.0642. The van der Waals surface area contributed by atoms with E-state index in [0.717, 1.165) is 11.5 Å². The summed E-state index contributed by atoms with van der Waals surface area (Å²) >= 11 is 0. The largest absolute Gasteiger partial charge is 0.453 e. The maximum absolute atomic E-state index is 7.00. The molecule has 2 aliphatic heterocycles. The molecule has 398 valence electrons. The van der Waals surface area contributed by atoms with Gasteiger partial charge >= 0.3 is 0 Å². The number of aryl methyl sites for hydroxylation is 3. The number of para-hydroxylation sites is 2. The first-order valence-corrected chi connectivity index (χ1v) is 30.7. The van der Waals surface area contributed by atoms with Crippen molar-refractivity contribution < 1.29 is 4.74 Å². The van der Waals surface area contributed by atoms with Gasteiger partial charge in [-0.1, -0.05) is 260 Å². The molecule has 3 heterocycles. The van der Waals surface area contributed by atoms with Crippen LogP contribution in [0, 0.1) is 20.8 Å². The smallest absolute Gasteiger partial charge is 0.247 e. The molecule has 2 aliphatic carbocycles. The molecule has 0 radical (unpaired) electrons. The fourth-order valence-corrected chi connectivity index (χ4v) is 15.9. The van der Waals surface area contributed by atoms with Crippen LogP contribution in [0.3, 0.4) is 0 Å². The minimum atomic E-state index is -0.160. The van der Waals surface area contributed by atoms with Crippen molar-refractivity contribution in [2.75, 3.05) is 0 Å². The number of hydrogen-bond acceptors (Lipinski definition) is 1. The normalized spacial score (nSPS) is 14.4. The molecule has 2 nitrogen and oxygen atoms in total. The van der Waals surface area contributed by atoms with Gasteiger partial charge in [-0.25, -0.2) is 0 Å². The summed E-state index contributed by atoms with van der Waals surface area (Å²) in [5.74, 6) is 1.84. The molecule has 0 N–H and O–H groups in total. The first kappa shape index (κ1) is 50.8. The molecule has 1 aromatic heterocycles. The molecule has 3 heteroatoms. The van der Waals surface area contributed by atoms with Crippen LogP contribution in [-0.4, -0.2) is 11.3 Å². The van der Waals surface area contributed by atoms with Gasteiger partial charge < -0.3 is 9.30 Å². The van der Waals surface area contributed by atoms with Crippen LogP contribution in [0.2, 0.25) is 0 Å². The Hall–Kier alpha value is -7.36. The van der Waals surface area contributed by atoms with Crippen molar-refractivity contribution in [3.8, 4) is 72.8 Å². The Labute approximate surface area is 476 Å². The average molecular weight is 1040 g/mol. The number of rotatable bonds is 18. The zero-order valence-corrected chi connectivity index (χ0v) is 48.4. The van der Waals surface area contributed by atoms with E-state index in [1.807, 2.05) is 0 Å². The van der Waals surface area contributed by atoms with Crippen LogP contribution in [0.5, 0.6) is 11.5 Å². The van der Waals surface area contributed by atoms with Crippen LogP contribution in [0.15, 0.2) is 164 Å². The van der Waals surface area contributed by atoms with Crippen molar-refractivity contribution in [3.63, 3.8) is 0 Å². The Morgan fingerprint density at radius 1 is 0.412 bits per heavy atom. The monoisotopic (exact) mass is 1040 g/mol. The molecule has 0 saturated carbocycles. The number of nitrogens with zero attached hydrogens (tertiary/aromatic N) is 1. The summed E-state index contributed by atoms with van der Waals surface area (Å²) in [7, 11) is 0. The number of ether oxygens (including phenoxy) is 1. The molecule has 0 unspecified atom stereocenters. The van der Waals surface area contributed by atoms with Crippen molar-refractivity contribution in [1.82, 2.24) is 4.57 Å². The highest BCUT2D eigenvalue weighted by molar-refractivity contribution is 6.98. The lowest BCUT2D eigenvalue weighted by Gasteiger charge is -2.33. The van der Waals surface area contributed by atoms with Gasteiger partial charge in [-0.2, -0.15) is 0 Å². The van der Waals surface area contributed by atoms with Crippen LogP contribution in [-0.2, 0) is 10.8 Å². The van der Waals surface area contributed by atoms with E-state index in [9.17, 15) is 0 Å². The molecule has 0 bridgehead atoms. The third-order valence-electron chi connectivity index (χ3n) is 19.7. The van der Waals surface area contributed by atoms with Crippen LogP contribution < -0.4 is 21.1 Å². The van der Waals surface area contributed by atoms with Crippen molar-refractivity contribution >= 4 is 44.9 Å². The minimum Gasteiger partial charge on any atom is -0.453 e. The third kappa shape index (κ3) is 8.02. The molecule has 0 atom stereocenters. The SMILES string of the molecule is CCCCCCCCC1(CCCCCCCC)c2ccccc2-c2ccc(-c3ccc4c(c3)C(C)(C)c3cc(-c5ccc(-c6cc7c8c(c6)B(c6c(C)cc(C)cc6C)c6cccc9c%10cccc(c%10n-8c69)O7)cc5)ccc3-4)cc21. The van der Waals surface area contributed by atoms with Crippen molar-refractivity contribution in [1.29, 1.82) is 0 Å². The number of unbranched alkanes of at least 4 members (excludes halogenated alkanes) is 10. The molecular formula is C77H76BNO. The summed E-state index contributed by atoms with van der Waals surface area (Å²) < 4.78 is 9.52. The van der Waals surface area contributed by atoms with Gasteiger partial charge in [-0.3, -0.25) is 0 Å². The molecule has 80 heavy (non-hydrogen) atoms. The van der Waals surface area contributed by atoms with E-state index in [-0.39, 0.29) is 17.5 Å². The number of benzene rings is 9. The van der Waals surface area contributed by atoms with Crippen LogP contribution in [0.4, 0.5) is 0 Å². The van der Waals surface area contributed by atoms with Gasteiger partial charge in [0, 0.05) is 27.1 Å². The zero-order chi connectivity index (χ0) is 54.4. The Morgan fingerprint density at radius 2 is 0.925 bits per heavy atom. The third-order valence-corrected chi connectivity index (χ3v) is 19.7. The fourth-order valence-electron chi connectivity index (χ4n) is 15.9. The summed E-state index contributed by atoms with van der Waals surface area (Å²) in [4.78, 5) is 0. The lowest BCUT2D eigenvalue weighted by molar-refractivity contribution is 0.398. The fraction of sp³-hybridized carbons (Fsp3) is 0.299. The molecule has 0 amide bonds. The van der Waals surface area contributed by atoms with E-state index in [0.29, 0.717) is 0 Å². The van der Waals surface area contributed by atoms with Crippen molar-refractivity contribution in [2.45, 2.75) is 149 Å². The maximum atomic E-state index is 7.00. The summed E-state index contributed by atoms with van der Waals surface area (Å²) in [6.45, 7) is 16.4. The van der Waals surface area contributed by atoms with Gasteiger partial charge in [-0.15, -0.1) is 0 Å². The number of fused-ring (bicyclic) bond motifs is 7. The van der Waals surface area contributed by atoms with E-state index in [2.05, 4.69) is 217 Å². The Bertz CT molecular complexity index is 4050. The lowest BCUT2D eigenvalue weighted by Crippen LogP contribution is -2.57. The summed E-state index contributed by atoms with van der Waals surface area (Å²) in [5.41, 5.74) is 30.7. The average Bonchev–Trinajstić information content (AvgIpc) is 4.24. The van der Waals surface area contributed by atoms with Gasteiger partial charge in [0.05, 0.1) is 11.2 Å². The van der Waals surface area contributed by atoms with Crippen LogP contribution in [0.25, 0.3) is 83.1 Å². The van der Waals surface area contributed by atoms with Gasteiger partial charge in [-0.05, 0) is 153 Å². The predicted octanol–water partition coefficient (Wildman–Crippen LogP) is 19.7. The highest BCUT2D eigenvalue weighted by atomic mass is 16.5. The molecule has 0 spiro atoms. The molecule has 14 rings (SSSR count). The summed E-state index contributed by atoms with van der Waals surface area (Å²) in [5, 5.41) is 2.54. The predicted molar refractivity (Wildman–Crippen MR) is 342 cm³/mol. The zero-order valence-electron chi connectivity index (χ0n) is 48.4. The summed E-state index contributed by atoms with van der Waals surface area (Å²) in [6, 6.07) is 63.8. The Kier molecular flexibility index (Phi) is 12.7. The second-order valence-electron chi connectivity index (χ2n) is 25.1. The molecule has 9 aromatic carbocycles. The molecule has 0 fully saturated rings. The lowest BCUT2D eigenvalue weighted by atomic mass is 9.34. The first-order valence-electron chi connectivity index (χ1n) is 30.7. The van der Waals surface area contributed by atoms with Gasteiger partial charge in [0.2, 0.25) is 6.71 Å². The van der Waals surface area contributed by atoms with Gasteiger partial charge in [0.15, 0.2) is 11.5 Å². The van der Waals surface area contributed by atoms with Gasteiger partial charge in [0.1, 0.15) is 0 Å². The Morgan fingerprint density at radius 3 is 1.56 bits per heavy atom. The molecule has 4 aliphatic rings. The summed E-state index contributed by atoms with van der Waals surface area (Å²) in [6.07, 6.45) is 18.5. The number of hydrogen-bond donors (Lipinski definition) is 0. The van der Waals surface area contributed by atoms with Gasteiger partial charge in [0.25, 0.3) is 0 Å². The quantitative estimate of drug-likeness (QED) is 0.0617. The van der Waals surface area contributed by atoms with E-state index in [1.165, 1.54) is 217 Å². The second-order valence-corrected chi connectivity index (χ2v) is 25.1. The van der Waals surface area contributed by atoms with E-state index in [4.69, 9.17) is 4.74 Å². The van der Waals surface area contributed by atoms with Crippen molar-refractivity contribution in [2.24, 2.45) is 0 Å². The number of aromatic nitrogens is 1. The highest BCUT2D eigenvalue weighted by Crippen LogP contribution is 2.56. The van der Waals surface area contributed by atoms with Crippen LogP contribution in [0.1, 0.15) is 157 Å². The van der Waals surface area contributed by atoms with E-state index in [1.54, 1.807) is 11.1 Å². The topological polar surface area (TPSA) is 14.2 Å². The van der Waals surface area contributed by atoms with E-state index >= 15 is 0 Å². The van der Waals surface area contributed by atoms with Crippen molar-refractivity contribution in [3.05, 3.63) is 203 Å². The maximum Gasteiger partial charge on any atom is 0.247 e. The molecule has 0 saturated heterocycles. The van der Waals surface area contributed by atoms with E-state index < -0.39 is 0 Å². The standard InChI is InChI=1S/C77H76BNO/c1-8-10-12-14-16-20-40-77(41-21-17-15-13-11-9-2)64-27-19-18-24-58(64)61-39-36-56(46-67(61)77)55-35-38-60-59-37-34-54(44-65(59)76(6,7)66(60)45-55)52-30-32-53(33-31-52)57-47-69-75-71(48-57)80-70-29-23-26-63-62-25-22-28-68(73(62)79(75)74(63)70)78(69)72-50(4)42-49(3)43-51(72)5/h18-19,22-39,42-48H,8-17,20-21,40-41H2,1-7H3. The Balaban J connectivity index is 0.781. The molecular weight excluding hydrogens is 966 g/mol. The second kappa shape index (κ2) is 20.0.